The van der Waals surface area contributed by atoms with Crippen LogP contribution in [0.5, 0.6) is 11.8 Å². The molecule has 0 aliphatic heterocycles. The van der Waals surface area contributed by atoms with Crippen LogP contribution in [0.1, 0.15) is 13.8 Å². The Kier molecular flexibility index (Phi) is 7.65. The molecule has 3 rings (SSSR count). The second-order valence-electron chi connectivity index (χ2n) is 4.65. The Morgan fingerprint density at radius 1 is 0.885 bits per heavy atom. The second kappa shape index (κ2) is 9.51. The van der Waals surface area contributed by atoms with E-state index in [1.807, 2.05) is 13.8 Å². The Labute approximate surface area is 173 Å². The summed E-state index contributed by atoms with van der Waals surface area (Å²) < 4.78 is 36.1. The summed E-state index contributed by atoms with van der Waals surface area (Å²) in [7, 11) is 0. The normalized spacial score (nSPS) is 10.4. The third kappa shape index (κ3) is 5.81. The molecule has 0 N–H and O–H groups in total. The van der Waals surface area contributed by atoms with Crippen LogP contribution in [0.2, 0.25) is 0 Å². The van der Waals surface area contributed by atoms with Gasteiger partial charge in [-0.05, 0) is 61.6 Å². The second-order valence-corrected chi connectivity index (χ2v) is 6.78. The molecular formula is C14H13Br3F2N6O. The van der Waals surface area contributed by atoms with E-state index >= 15 is 0 Å². The van der Waals surface area contributed by atoms with E-state index in [9.17, 15) is 8.78 Å². The lowest BCUT2D eigenvalue weighted by Gasteiger charge is -2.05. The quantitative estimate of drug-likeness (QED) is 0.453. The SMILES string of the molecule is CCn1nc(Br)nc1Br.CCn1nc(Br)nc1Oc1cc(F)cc(F)c1. The fourth-order valence-corrected chi connectivity index (χ4v) is 3.21. The summed E-state index contributed by atoms with van der Waals surface area (Å²) in [4.78, 5) is 7.90. The summed E-state index contributed by atoms with van der Waals surface area (Å²) in [6.07, 6.45) is 0. The zero-order valence-electron chi connectivity index (χ0n) is 13.6. The van der Waals surface area contributed by atoms with Gasteiger partial charge in [0, 0.05) is 31.3 Å². The number of hydrogen-bond donors (Lipinski definition) is 0. The van der Waals surface area contributed by atoms with Gasteiger partial charge >= 0.3 is 6.01 Å². The molecule has 0 saturated heterocycles. The first-order chi connectivity index (χ1) is 12.3. The summed E-state index contributed by atoms with van der Waals surface area (Å²) in [5.74, 6) is -1.37. The van der Waals surface area contributed by atoms with E-state index < -0.39 is 11.6 Å². The fourth-order valence-electron chi connectivity index (χ4n) is 1.77. The molecule has 0 bridgehead atoms. The summed E-state index contributed by atoms with van der Waals surface area (Å²) >= 11 is 9.48. The van der Waals surface area contributed by atoms with E-state index in [2.05, 4.69) is 68.0 Å². The molecule has 140 valence electrons. The van der Waals surface area contributed by atoms with Gasteiger partial charge in [0.05, 0.1) is 0 Å². The van der Waals surface area contributed by atoms with Gasteiger partial charge in [-0.3, -0.25) is 0 Å². The van der Waals surface area contributed by atoms with E-state index in [0.717, 1.165) is 29.5 Å². The highest BCUT2D eigenvalue weighted by atomic mass is 79.9. The first-order valence-corrected chi connectivity index (χ1v) is 9.70. The molecule has 0 radical (unpaired) electrons. The standard InChI is InChI=1S/C10H8BrF2N3O.C4H5Br2N3/c1-2-16-10(14-9(11)15-16)17-8-4-6(12)3-7(13)5-8;1-2-9-4(6)7-3(5)8-9/h3-5H,2H2,1H3;2H2,1H3. The van der Waals surface area contributed by atoms with Crippen molar-refractivity contribution in [3.63, 3.8) is 0 Å². The zero-order chi connectivity index (χ0) is 19.3. The van der Waals surface area contributed by atoms with Crippen LogP contribution >= 0.6 is 47.8 Å². The van der Waals surface area contributed by atoms with Gasteiger partial charge in [-0.15, -0.1) is 10.2 Å². The first kappa shape index (κ1) is 20.9. The Hall–Kier alpha value is -1.40. The van der Waals surface area contributed by atoms with Crippen molar-refractivity contribution in [2.45, 2.75) is 26.9 Å². The molecule has 2 aromatic heterocycles. The Balaban J connectivity index is 0.000000228. The van der Waals surface area contributed by atoms with E-state index in [1.165, 1.54) is 4.68 Å². The van der Waals surface area contributed by atoms with Crippen molar-refractivity contribution in [1.29, 1.82) is 0 Å². The van der Waals surface area contributed by atoms with Crippen LogP contribution in [-0.2, 0) is 13.1 Å². The molecule has 3 aromatic rings. The molecule has 0 amide bonds. The predicted molar refractivity (Wildman–Crippen MR) is 101 cm³/mol. The molecule has 0 aliphatic rings. The van der Waals surface area contributed by atoms with Crippen LogP contribution in [0.4, 0.5) is 8.78 Å². The van der Waals surface area contributed by atoms with Gasteiger partial charge in [-0.2, -0.15) is 9.97 Å². The van der Waals surface area contributed by atoms with Gasteiger partial charge in [0.25, 0.3) is 0 Å². The molecule has 0 fully saturated rings. The summed E-state index contributed by atoms with van der Waals surface area (Å²) in [6.45, 7) is 5.22. The minimum Gasteiger partial charge on any atom is -0.424 e. The average Bonchev–Trinajstić information content (AvgIpc) is 3.07. The Bertz CT molecular complexity index is 865. The largest absolute Gasteiger partial charge is 0.424 e. The molecule has 12 heteroatoms. The van der Waals surface area contributed by atoms with Crippen LogP contribution in [0.15, 0.2) is 32.4 Å². The van der Waals surface area contributed by atoms with Crippen LogP contribution in [-0.4, -0.2) is 29.5 Å². The highest BCUT2D eigenvalue weighted by Crippen LogP contribution is 2.23. The fraction of sp³-hybridized carbons (Fsp3) is 0.286. The number of nitrogens with zero attached hydrogens (tertiary/aromatic N) is 6. The minimum absolute atomic E-state index is 0.0390. The molecule has 1 aromatic carbocycles. The number of hydrogen-bond acceptors (Lipinski definition) is 5. The van der Waals surface area contributed by atoms with Crippen LogP contribution in [0.3, 0.4) is 0 Å². The third-order valence-electron chi connectivity index (χ3n) is 2.86. The molecule has 0 saturated carbocycles. The maximum absolute atomic E-state index is 12.9. The number of ether oxygens (including phenoxy) is 1. The summed E-state index contributed by atoms with van der Waals surface area (Å²) in [5.41, 5.74) is 0. The van der Waals surface area contributed by atoms with Crippen molar-refractivity contribution in [2.24, 2.45) is 0 Å². The number of benzene rings is 1. The highest BCUT2D eigenvalue weighted by Gasteiger charge is 2.10. The predicted octanol–water partition coefficient (Wildman–Crippen LogP) is 4.95. The van der Waals surface area contributed by atoms with Crippen LogP contribution < -0.4 is 4.74 Å². The molecule has 0 unspecified atom stereocenters. The minimum atomic E-state index is -0.707. The van der Waals surface area contributed by atoms with Gasteiger partial charge in [0.2, 0.25) is 9.47 Å². The summed E-state index contributed by atoms with van der Waals surface area (Å²) in [6, 6.07) is 3.09. The number of aryl methyl sites for hydroxylation is 2. The topological polar surface area (TPSA) is 70.7 Å². The lowest BCUT2D eigenvalue weighted by atomic mass is 10.3. The zero-order valence-corrected chi connectivity index (χ0v) is 18.4. The Morgan fingerprint density at radius 2 is 1.42 bits per heavy atom. The van der Waals surface area contributed by atoms with Crippen molar-refractivity contribution >= 4 is 47.8 Å². The van der Waals surface area contributed by atoms with Crippen molar-refractivity contribution in [3.8, 4) is 11.8 Å². The lowest BCUT2D eigenvalue weighted by molar-refractivity contribution is 0.396. The number of aromatic nitrogens is 6. The lowest BCUT2D eigenvalue weighted by Crippen LogP contribution is -2.00. The van der Waals surface area contributed by atoms with E-state index in [4.69, 9.17) is 4.74 Å². The van der Waals surface area contributed by atoms with Gasteiger partial charge in [0.15, 0.2) is 4.73 Å². The molecular weight excluding hydrogens is 546 g/mol. The maximum atomic E-state index is 12.9. The first-order valence-electron chi connectivity index (χ1n) is 7.32. The van der Waals surface area contributed by atoms with Crippen LogP contribution in [0, 0.1) is 11.6 Å². The van der Waals surface area contributed by atoms with Crippen molar-refractivity contribution in [1.82, 2.24) is 29.5 Å². The van der Waals surface area contributed by atoms with E-state index in [0.29, 0.717) is 16.0 Å². The molecule has 7 nitrogen and oxygen atoms in total. The van der Waals surface area contributed by atoms with Gasteiger partial charge in [-0.25, -0.2) is 18.1 Å². The average molecular weight is 559 g/mol. The molecule has 0 atom stereocenters. The number of halogens is 5. The van der Waals surface area contributed by atoms with Crippen molar-refractivity contribution in [2.75, 3.05) is 0 Å². The van der Waals surface area contributed by atoms with Crippen LogP contribution in [0.25, 0.3) is 0 Å². The monoisotopic (exact) mass is 556 g/mol. The molecule has 0 spiro atoms. The van der Waals surface area contributed by atoms with E-state index in [-0.39, 0.29) is 11.8 Å². The molecule has 26 heavy (non-hydrogen) atoms. The molecule has 0 aliphatic carbocycles. The van der Waals surface area contributed by atoms with Crippen molar-refractivity contribution < 1.29 is 13.5 Å². The third-order valence-corrected chi connectivity index (χ3v) is 4.12. The maximum Gasteiger partial charge on any atom is 0.321 e. The molecule has 2 heterocycles. The number of rotatable bonds is 4. The van der Waals surface area contributed by atoms with Gasteiger partial charge in [-0.1, -0.05) is 0 Å². The van der Waals surface area contributed by atoms with Gasteiger partial charge < -0.3 is 4.74 Å². The Morgan fingerprint density at radius 3 is 1.88 bits per heavy atom. The van der Waals surface area contributed by atoms with E-state index in [1.54, 1.807) is 4.68 Å². The smallest absolute Gasteiger partial charge is 0.321 e. The summed E-state index contributed by atoms with van der Waals surface area (Å²) in [5, 5.41) is 7.98. The van der Waals surface area contributed by atoms with Crippen molar-refractivity contribution in [3.05, 3.63) is 44.0 Å². The van der Waals surface area contributed by atoms with Gasteiger partial charge in [0.1, 0.15) is 17.4 Å². The highest BCUT2D eigenvalue weighted by molar-refractivity contribution is 9.11.